The van der Waals surface area contributed by atoms with E-state index >= 15 is 0 Å². The Morgan fingerprint density at radius 2 is 2.33 bits per heavy atom. The molecule has 0 saturated heterocycles. The summed E-state index contributed by atoms with van der Waals surface area (Å²) in [5.74, 6) is 0.415. The van der Waals surface area contributed by atoms with Gasteiger partial charge in [-0.1, -0.05) is 0 Å². The third-order valence-electron chi connectivity index (χ3n) is 2.39. The fraction of sp³-hybridized carbons (Fsp3) is 0.273. The van der Waals surface area contributed by atoms with Crippen molar-refractivity contribution in [1.29, 1.82) is 0 Å². The van der Waals surface area contributed by atoms with Crippen LogP contribution in [0.1, 0.15) is 6.92 Å². The molecule has 2 aromatic heterocycles. The smallest absolute Gasteiger partial charge is 0.253 e. The summed E-state index contributed by atoms with van der Waals surface area (Å²) in [6, 6.07) is 3.48. The largest absolute Gasteiger partial charge is 0.372 e. The van der Waals surface area contributed by atoms with Crippen LogP contribution in [-0.4, -0.2) is 38.9 Å². The number of hydrogen-bond donors (Lipinski definition) is 1. The molecule has 0 aliphatic carbocycles. The topological polar surface area (TPSA) is 81.9 Å². The van der Waals surface area contributed by atoms with Gasteiger partial charge in [-0.2, -0.15) is 5.10 Å². The molecule has 18 heavy (non-hydrogen) atoms. The Bertz CT molecular complexity index is 509. The molecule has 1 unspecified atom stereocenters. The minimum atomic E-state index is -0.500. The highest BCUT2D eigenvalue weighted by molar-refractivity contribution is 5.93. The predicted octanol–water partition coefficient (Wildman–Crippen LogP) is 0.636. The molecule has 0 bridgehead atoms. The van der Waals surface area contributed by atoms with E-state index in [2.05, 4.69) is 20.4 Å². The summed E-state index contributed by atoms with van der Waals surface area (Å²) in [7, 11) is 1.48. The van der Waals surface area contributed by atoms with Crippen LogP contribution in [0, 0.1) is 0 Å². The number of methoxy groups -OCH3 is 1. The zero-order valence-electron chi connectivity index (χ0n) is 10.1. The van der Waals surface area contributed by atoms with E-state index in [9.17, 15) is 4.79 Å². The first kappa shape index (κ1) is 12.2. The number of pyridine rings is 1. The number of rotatable bonds is 4. The lowest BCUT2D eigenvalue weighted by atomic mass is 10.3. The molecule has 0 spiro atoms. The SMILES string of the molecule is COC(C)C(=O)Nc1ccc(-n2cncn2)nc1. The van der Waals surface area contributed by atoms with Gasteiger partial charge in [-0.25, -0.2) is 14.6 Å². The summed E-state index contributed by atoms with van der Waals surface area (Å²) in [5, 5.41) is 6.65. The van der Waals surface area contributed by atoms with Gasteiger partial charge in [0.15, 0.2) is 5.82 Å². The number of carbonyl (C=O) groups is 1. The van der Waals surface area contributed by atoms with Gasteiger partial charge in [0.2, 0.25) is 0 Å². The Labute approximate surface area is 104 Å². The maximum absolute atomic E-state index is 11.6. The Hall–Kier alpha value is -2.28. The molecule has 0 aliphatic rings. The molecule has 0 aromatic carbocycles. The predicted molar refractivity (Wildman–Crippen MR) is 64.3 cm³/mol. The number of nitrogens with zero attached hydrogens (tertiary/aromatic N) is 4. The zero-order chi connectivity index (χ0) is 13.0. The second kappa shape index (κ2) is 5.37. The summed E-state index contributed by atoms with van der Waals surface area (Å²) in [6.45, 7) is 1.67. The van der Waals surface area contributed by atoms with E-state index in [-0.39, 0.29) is 5.91 Å². The van der Waals surface area contributed by atoms with E-state index in [4.69, 9.17) is 4.74 Å². The van der Waals surface area contributed by atoms with Gasteiger partial charge in [-0.05, 0) is 19.1 Å². The first-order valence-electron chi connectivity index (χ1n) is 5.35. The van der Waals surface area contributed by atoms with E-state index < -0.39 is 6.10 Å². The number of aromatic nitrogens is 4. The molecule has 7 heteroatoms. The molecule has 7 nitrogen and oxygen atoms in total. The van der Waals surface area contributed by atoms with Crippen LogP contribution in [0.3, 0.4) is 0 Å². The number of nitrogens with one attached hydrogen (secondary N) is 1. The van der Waals surface area contributed by atoms with Crippen LogP contribution in [0.2, 0.25) is 0 Å². The molecule has 0 fully saturated rings. The van der Waals surface area contributed by atoms with Crippen molar-refractivity contribution >= 4 is 11.6 Å². The average Bonchev–Trinajstić information content (AvgIpc) is 2.92. The lowest BCUT2D eigenvalue weighted by molar-refractivity contribution is -0.124. The van der Waals surface area contributed by atoms with Gasteiger partial charge >= 0.3 is 0 Å². The van der Waals surface area contributed by atoms with Gasteiger partial charge in [0, 0.05) is 7.11 Å². The first-order valence-corrected chi connectivity index (χ1v) is 5.35. The van der Waals surface area contributed by atoms with Gasteiger partial charge in [-0.3, -0.25) is 4.79 Å². The molecule has 1 N–H and O–H groups in total. The van der Waals surface area contributed by atoms with Crippen LogP contribution < -0.4 is 5.32 Å². The van der Waals surface area contributed by atoms with Crippen molar-refractivity contribution in [1.82, 2.24) is 19.7 Å². The maximum atomic E-state index is 11.6. The third-order valence-corrected chi connectivity index (χ3v) is 2.39. The molecule has 94 valence electrons. The van der Waals surface area contributed by atoms with Gasteiger partial charge in [0.05, 0.1) is 11.9 Å². The van der Waals surface area contributed by atoms with Crippen molar-refractivity contribution in [3.8, 4) is 5.82 Å². The highest BCUT2D eigenvalue weighted by Crippen LogP contribution is 2.09. The van der Waals surface area contributed by atoms with E-state index in [1.54, 1.807) is 31.6 Å². The normalized spacial score (nSPS) is 12.1. The third kappa shape index (κ3) is 2.69. The fourth-order valence-electron chi connectivity index (χ4n) is 1.27. The number of carbonyl (C=O) groups excluding carboxylic acids is 1. The molecule has 0 saturated carbocycles. The van der Waals surface area contributed by atoms with E-state index in [1.165, 1.54) is 18.1 Å². The monoisotopic (exact) mass is 247 g/mol. The molecule has 0 aliphatic heterocycles. The van der Waals surface area contributed by atoms with Crippen molar-refractivity contribution in [2.45, 2.75) is 13.0 Å². The Morgan fingerprint density at radius 1 is 1.50 bits per heavy atom. The van der Waals surface area contributed by atoms with E-state index in [0.717, 1.165) is 0 Å². The molecule has 0 radical (unpaired) electrons. The van der Waals surface area contributed by atoms with Crippen molar-refractivity contribution in [3.63, 3.8) is 0 Å². The number of hydrogen-bond acceptors (Lipinski definition) is 5. The van der Waals surface area contributed by atoms with Crippen LogP contribution in [0.25, 0.3) is 5.82 Å². The molecule has 2 aromatic rings. The molecule has 2 rings (SSSR count). The van der Waals surface area contributed by atoms with Crippen LogP contribution in [0.4, 0.5) is 5.69 Å². The number of amides is 1. The maximum Gasteiger partial charge on any atom is 0.253 e. The van der Waals surface area contributed by atoms with Crippen molar-refractivity contribution < 1.29 is 9.53 Å². The second-order valence-corrected chi connectivity index (χ2v) is 3.61. The Kier molecular flexibility index (Phi) is 3.63. The molecule has 1 atom stereocenters. The average molecular weight is 247 g/mol. The van der Waals surface area contributed by atoms with Crippen LogP contribution >= 0.6 is 0 Å². The lowest BCUT2D eigenvalue weighted by Gasteiger charge is -2.10. The van der Waals surface area contributed by atoms with Crippen molar-refractivity contribution in [2.24, 2.45) is 0 Å². The summed E-state index contributed by atoms with van der Waals surface area (Å²) in [5.41, 5.74) is 0.604. The molecular weight excluding hydrogens is 234 g/mol. The van der Waals surface area contributed by atoms with Crippen LogP contribution in [0.15, 0.2) is 31.0 Å². The number of ether oxygens (including phenoxy) is 1. The van der Waals surface area contributed by atoms with Gasteiger partial charge in [-0.15, -0.1) is 0 Å². The fourth-order valence-corrected chi connectivity index (χ4v) is 1.27. The zero-order valence-corrected chi connectivity index (χ0v) is 10.1. The standard InChI is InChI=1S/C11H13N5O2/c1-8(18-2)11(17)15-9-3-4-10(13-5-9)16-7-12-6-14-16/h3-8H,1-2H3,(H,15,17). The van der Waals surface area contributed by atoms with Crippen LogP contribution in [0.5, 0.6) is 0 Å². The van der Waals surface area contributed by atoms with E-state index in [1.807, 2.05) is 0 Å². The molecule has 1 amide bonds. The van der Waals surface area contributed by atoms with Crippen molar-refractivity contribution in [2.75, 3.05) is 12.4 Å². The first-order chi connectivity index (χ1) is 8.70. The van der Waals surface area contributed by atoms with E-state index in [0.29, 0.717) is 11.5 Å². The highest BCUT2D eigenvalue weighted by Gasteiger charge is 2.11. The Morgan fingerprint density at radius 3 is 2.89 bits per heavy atom. The van der Waals surface area contributed by atoms with Crippen molar-refractivity contribution in [3.05, 3.63) is 31.0 Å². The summed E-state index contributed by atoms with van der Waals surface area (Å²) in [6.07, 6.45) is 4.03. The van der Waals surface area contributed by atoms with Crippen LogP contribution in [-0.2, 0) is 9.53 Å². The van der Waals surface area contributed by atoms with Gasteiger partial charge in [0.25, 0.3) is 5.91 Å². The lowest BCUT2D eigenvalue weighted by Crippen LogP contribution is -2.26. The molecule has 2 heterocycles. The second-order valence-electron chi connectivity index (χ2n) is 3.61. The quantitative estimate of drug-likeness (QED) is 0.857. The minimum absolute atomic E-state index is 0.215. The minimum Gasteiger partial charge on any atom is -0.372 e. The van der Waals surface area contributed by atoms with Gasteiger partial charge in [0.1, 0.15) is 18.8 Å². The summed E-state index contributed by atoms with van der Waals surface area (Å²) in [4.78, 5) is 19.6. The van der Waals surface area contributed by atoms with Gasteiger partial charge < -0.3 is 10.1 Å². The Balaban J connectivity index is 2.06. The number of anilines is 1. The summed E-state index contributed by atoms with van der Waals surface area (Å²) >= 11 is 0. The summed E-state index contributed by atoms with van der Waals surface area (Å²) < 4.78 is 6.44. The highest BCUT2D eigenvalue weighted by atomic mass is 16.5. The molecular formula is C11H13N5O2.